The third-order valence-corrected chi connectivity index (χ3v) is 4.94. The molecule has 24 heavy (non-hydrogen) atoms. The Morgan fingerprint density at radius 3 is 3.04 bits per heavy atom. The molecule has 2 heterocycles. The Hall–Kier alpha value is -1.54. The highest BCUT2D eigenvalue weighted by Gasteiger charge is 2.26. The van der Waals surface area contributed by atoms with E-state index < -0.39 is 0 Å². The summed E-state index contributed by atoms with van der Waals surface area (Å²) >= 11 is 1.52. The van der Waals surface area contributed by atoms with Crippen LogP contribution in [0, 0.1) is 0 Å². The van der Waals surface area contributed by atoms with Crippen LogP contribution >= 0.6 is 11.3 Å². The van der Waals surface area contributed by atoms with Crippen LogP contribution in [0.4, 0.5) is 5.13 Å². The number of fused-ring (bicyclic) bond motifs is 1. The van der Waals surface area contributed by atoms with E-state index in [0.717, 1.165) is 29.7 Å². The van der Waals surface area contributed by atoms with E-state index in [1.54, 1.807) is 12.0 Å². The van der Waals surface area contributed by atoms with Crippen molar-refractivity contribution in [1.82, 2.24) is 4.98 Å². The maximum atomic E-state index is 12.6. The molecule has 1 fully saturated rings. The van der Waals surface area contributed by atoms with E-state index >= 15 is 0 Å². The summed E-state index contributed by atoms with van der Waals surface area (Å²) in [6, 6.07) is 7.90. The van der Waals surface area contributed by atoms with Gasteiger partial charge in [-0.25, -0.2) is 4.98 Å². The van der Waals surface area contributed by atoms with E-state index in [0.29, 0.717) is 24.9 Å². The molecule has 130 valence electrons. The zero-order valence-electron chi connectivity index (χ0n) is 13.8. The van der Waals surface area contributed by atoms with Gasteiger partial charge in [0.25, 0.3) is 5.91 Å². The van der Waals surface area contributed by atoms with E-state index in [1.165, 1.54) is 11.3 Å². The van der Waals surface area contributed by atoms with Gasteiger partial charge in [0.2, 0.25) is 0 Å². The van der Waals surface area contributed by atoms with Crippen molar-refractivity contribution in [3.63, 3.8) is 0 Å². The quantitative estimate of drug-likeness (QED) is 0.685. The number of benzene rings is 1. The molecule has 0 N–H and O–H groups in total. The Labute approximate surface area is 145 Å². The summed E-state index contributed by atoms with van der Waals surface area (Å²) in [7, 11) is 1.61. The fraction of sp³-hybridized carbons (Fsp3) is 0.529. The van der Waals surface area contributed by atoms with Crippen molar-refractivity contribution < 1.29 is 19.0 Å². The molecule has 0 aliphatic carbocycles. The Bertz CT molecular complexity index is 636. The van der Waals surface area contributed by atoms with Gasteiger partial charge in [-0.3, -0.25) is 9.69 Å². The third-order valence-electron chi connectivity index (χ3n) is 3.88. The van der Waals surface area contributed by atoms with Gasteiger partial charge < -0.3 is 14.2 Å². The van der Waals surface area contributed by atoms with Gasteiger partial charge in [-0.2, -0.15) is 0 Å². The number of carbonyl (C=O) groups excluding carboxylic acids is 1. The second kappa shape index (κ2) is 8.53. The van der Waals surface area contributed by atoms with E-state index in [2.05, 4.69) is 4.98 Å². The van der Waals surface area contributed by atoms with E-state index in [-0.39, 0.29) is 18.6 Å². The van der Waals surface area contributed by atoms with Crippen LogP contribution in [0.25, 0.3) is 10.2 Å². The van der Waals surface area contributed by atoms with E-state index in [4.69, 9.17) is 14.2 Å². The predicted molar refractivity (Wildman–Crippen MR) is 93.6 cm³/mol. The molecule has 0 radical (unpaired) electrons. The van der Waals surface area contributed by atoms with Crippen molar-refractivity contribution in [3.05, 3.63) is 24.3 Å². The summed E-state index contributed by atoms with van der Waals surface area (Å²) in [4.78, 5) is 19.0. The summed E-state index contributed by atoms with van der Waals surface area (Å²) in [6.07, 6.45) is 2.08. The fourth-order valence-electron chi connectivity index (χ4n) is 2.63. The first kappa shape index (κ1) is 17.3. The van der Waals surface area contributed by atoms with Crippen LogP contribution in [0.5, 0.6) is 0 Å². The van der Waals surface area contributed by atoms with Gasteiger partial charge in [0.15, 0.2) is 5.13 Å². The van der Waals surface area contributed by atoms with Crippen LogP contribution in [-0.2, 0) is 19.0 Å². The van der Waals surface area contributed by atoms with Crippen LogP contribution in [0.2, 0.25) is 0 Å². The van der Waals surface area contributed by atoms with Crippen molar-refractivity contribution in [2.45, 2.75) is 18.9 Å². The van der Waals surface area contributed by atoms with Gasteiger partial charge in [-0.15, -0.1) is 0 Å². The molecule has 3 rings (SSSR count). The van der Waals surface area contributed by atoms with Gasteiger partial charge in [-0.1, -0.05) is 23.5 Å². The predicted octanol–water partition coefficient (Wildman–Crippen LogP) is 2.47. The normalized spacial score (nSPS) is 17.5. The van der Waals surface area contributed by atoms with Crippen molar-refractivity contribution in [2.75, 3.05) is 45.0 Å². The van der Waals surface area contributed by atoms with Gasteiger partial charge in [0.05, 0.1) is 36.1 Å². The number of aromatic nitrogens is 1. The van der Waals surface area contributed by atoms with Crippen LogP contribution in [0.3, 0.4) is 0 Å². The zero-order chi connectivity index (χ0) is 16.8. The molecule has 1 aromatic heterocycles. The molecular weight excluding hydrogens is 328 g/mol. The highest BCUT2D eigenvalue weighted by Crippen LogP contribution is 2.29. The number of amides is 1. The summed E-state index contributed by atoms with van der Waals surface area (Å²) < 4.78 is 17.1. The summed E-state index contributed by atoms with van der Waals surface area (Å²) in [5.74, 6) is -0.0966. The van der Waals surface area contributed by atoms with Crippen LogP contribution in [-0.4, -0.2) is 57.1 Å². The first-order valence-electron chi connectivity index (χ1n) is 8.12. The standard InChI is InChI=1S/C17H22N2O4S/c1-21-9-10-22-12-16(20)19(11-13-5-4-8-23-13)17-18-14-6-2-3-7-15(14)24-17/h2-3,6-7,13H,4-5,8-12H2,1H3. The second-order valence-electron chi connectivity index (χ2n) is 5.65. The number of para-hydroxylation sites is 1. The lowest BCUT2D eigenvalue weighted by Gasteiger charge is -2.23. The first-order chi connectivity index (χ1) is 11.8. The highest BCUT2D eigenvalue weighted by atomic mass is 32.1. The molecule has 1 saturated heterocycles. The Balaban J connectivity index is 1.74. The van der Waals surface area contributed by atoms with Crippen molar-refractivity contribution in [1.29, 1.82) is 0 Å². The molecule has 1 amide bonds. The number of carbonyl (C=O) groups is 1. The average molecular weight is 350 g/mol. The van der Waals surface area contributed by atoms with Crippen molar-refractivity contribution in [2.24, 2.45) is 0 Å². The molecule has 6 nitrogen and oxygen atoms in total. The lowest BCUT2D eigenvalue weighted by Crippen LogP contribution is -2.39. The average Bonchev–Trinajstić information content (AvgIpc) is 3.25. The number of methoxy groups -OCH3 is 1. The summed E-state index contributed by atoms with van der Waals surface area (Å²) in [6.45, 7) is 2.17. The topological polar surface area (TPSA) is 60.9 Å². The van der Waals surface area contributed by atoms with E-state index in [9.17, 15) is 4.79 Å². The molecule has 1 atom stereocenters. The Morgan fingerprint density at radius 2 is 2.29 bits per heavy atom. The number of nitrogens with zero attached hydrogens (tertiary/aromatic N) is 2. The first-order valence-corrected chi connectivity index (χ1v) is 8.94. The smallest absolute Gasteiger partial charge is 0.254 e. The number of hydrogen-bond acceptors (Lipinski definition) is 6. The Morgan fingerprint density at radius 1 is 1.42 bits per heavy atom. The third kappa shape index (κ3) is 4.30. The molecule has 2 aromatic rings. The maximum Gasteiger partial charge on any atom is 0.254 e. The van der Waals surface area contributed by atoms with Crippen molar-refractivity contribution >= 4 is 32.6 Å². The number of anilines is 1. The van der Waals surface area contributed by atoms with Gasteiger partial charge in [0, 0.05) is 13.7 Å². The maximum absolute atomic E-state index is 12.6. The molecule has 0 spiro atoms. The zero-order valence-corrected chi connectivity index (χ0v) is 14.6. The minimum atomic E-state index is -0.0966. The van der Waals surface area contributed by atoms with Crippen LogP contribution in [0.15, 0.2) is 24.3 Å². The number of rotatable bonds is 8. The monoisotopic (exact) mass is 350 g/mol. The molecule has 1 aliphatic heterocycles. The number of hydrogen-bond donors (Lipinski definition) is 0. The van der Waals surface area contributed by atoms with Crippen LogP contribution < -0.4 is 4.90 Å². The summed E-state index contributed by atoms with van der Waals surface area (Å²) in [5.41, 5.74) is 0.906. The number of ether oxygens (including phenoxy) is 3. The highest BCUT2D eigenvalue weighted by molar-refractivity contribution is 7.22. The summed E-state index contributed by atoms with van der Waals surface area (Å²) in [5, 5.41) is 0.701. The molecule has 7 heteroatoms. The van der Waals surface area contributed by atoms with Gasteiger partial charge >= 0.3 is 0 Å². The van der Waals surface area contributed by atoms with Gasteiger partial charge in [0.1, 0.15) is 6.61 Å². The minimum absolute atomic E-state index is 0.0198. The molecule has 0 bridgehead atoms. The molecule has 1 aliphatic rings. The number of thiazole rings is 1. The fourth-order valence-corrected chi connectivity index (χ4v) is 3.63. The molecular formula is C17H22N2O4S. The van der Waals surface area contributed by atoms with Crippen molar-refractivity contribution in [3.8, 4) is 0 Å². The lowest BCUT2D eigenvalue weighted by atomic mass is 10.2. The molecule has 1 aromatic carbocycles. The minimum Gasteiger partial charge on any atom is -0.382 e. The van der Waals surface area contributed by atoms with E-state index in [1.807, 2.05) is 24.3 Å². The van der Waals surface area contributed by atoms with Gasteiger partial charge in [-0.05, 0) is 25.0 Å². The lowest BCUT2D eigenvalue weighted by molar-refractivity contribution is -0.123. The largest absolute Gasteiger partial charge is 0.382 e. The SMILES string of the molecule is COCCOCC(=O)N(CC1CCCO1)c1nc2ccccc2s1. The second-order valence-corrected chi connectivity index (χ2v) is 6.66. The molecule has 0 saturated carbocycles. The Kier molecular flexibility index (Phi) is 6.14. The van der Waals surface area contributed by atoms with Crippen LogP contribution in [0.1, 0.15) is 12.8 Å². The molecule has 1 unspecified atom stereocenters.